The number of nitrogen functional groups attached to an aromatic ring is 1. The summed E-state index contributed by atoms with van der Waals surface area (Å²) < 4.78 is 27.3. The smallest absolute Gasteiger partial charge is 0.309 e. The molecular weight excluding hydrogens is 543 g/mol. The minimum atomic E-state index is -0.516. The number of fused-ring (bicyclic) bond motifs is 1. The first-order valence-electron chi connectivity index (χ1n) is 12.3. The van der Waals surface area contributed by atoms with Crippen LogP contribution in [0.25, 0.3) is 10.3 Å². The van der Waals surface area contributed by atoms with Crippen molar-refractivity contribution >= 4 is 50.9 Å². The van der Waals surface area contributed by atoms with Gasteiger partial charge in [-0.3, -0.25) is 24.5 Å². The van der Waals surface area contributed by atoms with Gasteiger partial charge >= 0.3 is 4.87 Å². The average molecular weight is 571 g/mol. The highest BCUT2D eigenvalue weighted by molar-refractivity contribution is 7.17. The van der Waals surface area contributed by atoms with Gasteiger partial charge in [0.2, 0.25) is 5.95 Å². The molecule has 0 aliphatic carbocycles. The summed E-state index contributed by atoms with van der Waals surface area (Å²) in [7, 11) is 0. The van der Waals surface area contributed by atoms with Gasteiger partial charge in [-0.15, -0.1) is 0 Å². The zero-order valence-electron chi connectivity index (χ0n) is 21.2. The third-order valence-corrected chi connectivity index (χ3v) is 7.28. The van der Waals surface area contributed by atoms with Gasteiger partial charge in [0.15, 0.2) is 29.7 Å². The van der Waals surface area contributed by atoms with Crippen molar-refractivity contribution in [3.63, 3.8) is 0 Å². The van der Waals surface area contributed by atoms with E-state index in [1.807, 2.05) is 10.3 Å². The van der Waals surface area contributed by atoms with Crippen LogP contribution >= 0.6 is 11.3 Å². The average Bonchev–Trinajstić information content (AvgIpc) is 3.59. The largest absolute Gasteiger partial charge is 0.484 e. The van der Waals surface area contributed by atoms with Crippen LogP contribution in [0, 0.1) is 5.82 Å². The molecule has 3 aromatic heterocycles. The number of piperazine rings is 1. The molecule has 5 rings (SSSR count). The molecule has 1 aliphatic heterocycles. The van der Waals surface area contributed by atoms with Crippen LogP contribution in [0.2, 0.25) is 0 Å². The summed E-state index contributed by atoms with van der Waals surface area (Å²) in [6, 6.07) is 7.83. The predicted octanol–water partition coefficient (Wildman–Crippen LogP) is 0.395. The lowest BCUT2D eigenvalue weighted by atomic mass is 10.2. The van der Waals surface area contributed by atoms with E-state index in [0.717, 1.165) is 11.3 Å². The Balaban J connectivity index is 1.23. The topological polar surface area (TPSA) is 196 Å². The molecule has 0 radical (unpaired) electrons. The van der Waals surface area contributed by atoms with E-state index in [-0.39, 0.29) is 34.8 Å². The fourth-order valence-corrected chi connectivity index (χ4v) is 5.18. The summed E-state index contributed by atoms with van der Waals surface area (Å²) in [6.45, 7) is 3.16. The van der Waals surface area contributed by atoms with Crippen molar-refractivity contribution in [2.24, 2.45) is 16.6 Å². The Hall–Kier alpha value is -4.54. The van der Waals surface area contributed by atoms with E-state index >= 15 is 0 Å². The number of anilines is 2. The first-order chi connectivity index (χ1) is 19.3. The van der Waals surface area contributed by atoms with E-state index in [2.05, 4.69) is 19.9 Å². The monoisotopic (exact) mass is 570 g/mol. The molecule has 7 N–H and O–H groups in total. The van der Waals surface area contributed by atoms with Crippen LogP contribution in [0.3, 0.4) is 0 Å². The summed E-state index contributed by atoms with van der Waals surface area (Å²) in [6.07, 6.45) is 1.48. The number of carbonyl (C=O) groups is 1. The van der Waals surface area contributed by atoms with Crippen LogP contribution in [0.1, 0.15) is 5.76 Å². The number of halogens is 1. The normalized spacial score (nSPS) is 14.6. The molecular formula is C24H27FN10O4S. The molecule has 1 saturated heterocycles. The fraction of sp³-hybridized carbons (Fsp3) is 0.292. The molecule has 0 spiro atoms. The third-order valence-electron chi connectivity index (χ3n) is 6.32. The molecule has 4 heterocycles. The van der Waals surface area contributed by atoms with Crippen molar-refractivity contribution in [1.29, 1.82) is 0 Å². The number of aromatic nitrogens is 3. The van der Waals surface area contributed by atoms with Crippen molar-refractivity contribution in [3.05, 3.63) is 57.8 Å². The molecule has 1 fully saturated rings. The van der Waals surface area contributed by atoms with Gasteiger partial charge in [-0.25, -0.2) is 15.2 Å². The van der Waals surface area contributed by atoms with Crippen molar-refractivity contribution in [2.45, 2.75) is 6.54 Å². The minimum Gasteiger partial charge on any atom is -0.484 e. The van der Waals surface area contributed by atoms with Crippen molar-refractivity contribution in [1.82, 2.24) is 24.9 Å². The quantitative estimate of drug-likeness (QED) is 0.0714. The molecule has 0 bridgehead atoms. The van der Waals surface area contributed by atoms with E-state index < -0.39 is 11.7 Å². The Bertz CT molecular complexity index is 1600. The van der Waals surface area contributed by atoms with Gasteiger partial charge in [0.25, 0.3) is 5.91 Å². The molecule has 1 amide bonds. The molecule has 40 heavy (non-hydrogen) atoms. The summed E-state index contributed by atoms with van der Waals surface area (Å²) >= 11 is 0.973. The molecule has 14 nitrogen and oxygen atoms in total. The Kier molecular flexibility index (Phi) is 7.90. The number of carbonyl (C=O) groups excluding carboxylic acids is 1. The van der Waals surface area contributed by atoms with Crippen LogP contribution < -0.4 is 37.2 Å². The van der Waals surface area contributed by atoms with Crippen LogP contribution in [-0.4, -0.2) is 70.5 Å². The second-order valence-corrected chi connectivity index (χ2v) is 9.81. The summed E-state index contributed by atoms with van der Waals surface area (Å²) in [5.74, 6) is 4.94. The van der Waals surface area contributed by atoms with Crippen molar-refractivity contribution in [3.8, 4) is 5.75 Å². The van der Waals surface area contributed by atoms with Gasteiger partial charge in [-0.1, -0.05) is 11.3 Å². The second-order valence-electron chi connectivity index (χ2n) is 8.85. The molecule has 0 unspecified atom stereocenters. The number of hydrazine groups is 1. The minimum absolute atomic E-state index is 0.0280. The maximum Gasteiger partial charge on any atom is 0.309 e. The Morgan fingerprint density at radius 3 is 2.70 bits per heavy atom. The predicted molar refractivity (Wildman–Crippen MR) is 148 cm³/mol. The van der Waals surface area contributed by atoms with E-state index in [1.165, 1.54) is 12.3 Å². The lowest BCUT2D eigenvalue weighted by Gasteiger charge is -2.36. The van der Waals surface area contributed by atoms with Gasteiger partial charge < -0.3 is 25.5 Å². The third kappa shape index (κ3) is 5.88. The number of amides is 1. The first kappa shape index (κ1) is 27.0. The van der Waals surface area contributed by atoms with Crippen LogP contribution in [0.5, 0.6) is 5.75 Å². The van der Waals surface area contributed by atoms with Crippen LogP contribution in [0.15, 0.2) is 50.8 Å². The first-order valence-corrected chi connectivity index (χ1v) is 13.1. The zero-order chi connectivity index (χ0) is 28.2. The number of thiazole rings is 1. The number of hydrogen-bond donors (Lipinski definition) is 4. The molecule has 0 saturated carbocycles. The maximum atomic E-state index is 14.7. The zero-order valence-corrected chi connectivity index (χ0v) is 22.1. The Labute approximate surface area is 230 Å². The Morgan fingerprint density at radius 2 is 2.00 bits per heavy atom. The van der Waals surface area contributed by atoms with E-state index in [4.69, 9.17) is 26.5 Å². The number of nitrogens with two attached hydrogens (primary N) is 3. The van der Waals surface area contributed by atoms with Gasteiger partial charge in [0.05, 0.1) is 12.0 Å². The number of furan rings is 1. The van der Waals surface area contributed by atoms with E-state index in [1.54, 1.807) is 28.8 Å². The highest BCUT2D eigenvalue weighted by Gasteiger charge is 2.22. The summed E-state index contributed by atoms with van der Waals surface area (Å²) in [4.78, 5) is 40.8. The molecule has 1 aliphatic rings. The van der Waals surface area contributed by atoms with E-state index in [0.29, 0.717) is 61.1 Å². The molecule has 210 valence electrons. The number of nitrogens with zero attached hydrogens (tertiary/aromatic N) is 6. The lowest BCUT2D eigenvalue weighted by Crippen LogP contribution is -2.47. The number of amidine groups is 1. The van der Waals surface area contributed by atoms with Gasteiger partial charge in [-0.05, 0) is 24.3 Å². The van der Waals surface area contributed by atoms with Crippen LogP contribution in [-0.2, 0) is 11.3 Å². The number of aliphatic imine (C=N–C) groups is 1. The number of rotatable bonds is 9. The van der Waals surface area contributed by atoms with Gasteiger partial charge in [-0.2, -0.15) is 9.97 Å². The van der Waals surface area contributed by atoms with Crippen molar-refractivity contribution < 1.29 is 18.3 Å². The summed E-state index contributed by atoms with van der Waals surface area (Å²) in [5, 5.41) is 0. The SMILES string of the molecule is NNC(=O)COc1ccc(N2CCN(CCn3c(=O)sc4c(/N=C(\N)c5ccco5)nc(N)nc43)CC2)c(F)c1. The Morgan fingerprint density at radius 1 is 1.20 bits per heavy atom. The highest BCUT2D eigenvalue weighted by atomic mass is 32.1. The highest BCUT2D eigenvalue weighted by Crippen LogP contribution is 2.28. The summed E-state index contributed by atoms with van der Waals surface area (Å²) in [5.41, 5.74) is 14.7. The van der Waals surface area contributed by atoms with Crippen molar-refractivity contribution in [2.75, 3.05) is 50.0 Å². The second kappa shape index (κ2) is 11.7. The number of benzene rings is 1. The molecule has 4 aromatic rings. The maximum absolute atomic E-state index is 14.7. The standard InChI is InChI=1S/C24H27FN10O4S/c25-15-12-14(39-13-18(36)32-28)3-4-16(15)34-8-5-33(6-9-34)7-10-35-22-19(40-24(35)37)21(30-23(27)31-22)29-20(26)17-2-1-11-38-17/h1-4,11-12H,5-10,13,28H2,(H,32,36)(H4,26,27,29,30,31). The number of ether oxygens (including phenoxy) is 1. The van der Waals surface area contributed by atoms with Gasteiger partial charge in [0, 0.05) is 45.3 Å². The van der Waals surface area contributed by atoms with Crippen LogP contribution in [0.4, 0.5) is 21.8 Å². The molecule has 1 aromatic carbocycles. The molecule has 0 atom stereocenters. The number of hydrogen-bond acceptors (Lipinski definition) is 12. The molecule has 16 heteroatoms. The number of nitrogens with one attached hydrogen (secondary N) is 1. The van der Waals surface area contributed by atoms with E-state index in [9.17, 15) is 14.0 Å². The fourth-order valence-electron chi connectivity index (χ4n) is 4.29. The lowest BCUT2D eigenvalue weighted by molar-refractivity contribution is -0.123. The van der Waals surface area contributed by atoms with Gasteiger partial charge in [0.1, 0.15) is 16.3 Å².